The van der Waals surface area contributed by atoms with Gasteiger partial charge < -0.3 is 11.5 Å². The van der Waals surface area contributed by atoms with Gasteiger partial charge in [0.15, 0.2) is 0 Å². The van der Waals surface area contributed by atoms with E-state index in [-0.39, 0.29) is 0 Å². The van der Waals surface area contributed by atoms with Crippen molar-refractivity contribution in [2.24, 2.45) is 11.5 Å². The minimum absolute atomic E-state index is 0.469. The number of nitrogens with zero attached hydrogens (tertiary/aromatic N) is 2. The molecule has 6 heteroatoms. The third-order valence-corrected chi connectivity index (χ3v) is 2.44. The second kappa shape index (κ2) is 8.00. The molecular weight excluding hydrogens is 271 g/mol. The Balaban J connectivity index is 0.000000180. The zero-order valence-electron chi connectivity index (χ0n) is 9.68. The van der Waals surface area contributed by atoms with E-state index in [1.165, 1.54) is 0 Å². The van der Waals surface area contributed by atoms with Gasteiger partial charge in [0.25, 0.3) is 0 Å². The molecule has 2 aromatic heterocycles. The summed E-state index contributed by atoms with van der Waals surface area (Å²) in [7, 11) is 0. The van der Waals surface area contributed by atoms with Gasteiger partial charge in [-0.05, 0) is 24.3 Å². The van der Waals surface area contributed by atoms with Crippen LogP contribution in [0.4, 0.5) is 0 Å². The van der Waals surface area contributed by atoms with E-state index in [2.05, 4.69) is 9.97 Å². The Morgan fingerprint density at radius 1 is 0.778 bits per heavy atom. The van der Waals surface area contributed by atoms with Gasteiger partial charge in [-0.1, -0.05) is 23.2 Å². The summed E-state index contributed by atoms with van der Waals surface area (Å²) < 4.78 is 0. The largest absolute Gasteiger partial charge is 0.325 e. The Morgan fingerprint density at radius 3 is 1.39 bits per heavy atom. The highest BCUT2D eigenvalue weighted by Gasteiger charge is 1.88. The van der Waals surface area contributed by atoms with Gasteiger partial charge >= 0.3 is 0 Å². The van der Waals surface area contributed by atoms with Crippen LogP contribution in [-0.4, -0.2) is 9.97 Å². The molecule has 0 unspecified atom stereocenters. The van der Waals surface area contributed by atoms with Crippen LogP contribution in [0.15, 0.2) is 36.7 Å². The highest BCUT2D eigenvalue weighted by Crippen LogP contribution is 2.05. The molecule has 2 rings (SSSR count). The fraction of sp³-hybridized carbons (Fsp3) is 0.167. The molecule has 4 nitrogen and oxygen atoms in total. The van der Waals surface area contributed by atoms with Crippen LogP contribution in [0.5, 0.6) is 0 Å². The van der Waals surface area contributed by atoms with Crippen LogP contribution < -0.4 is 11.5 Å². The second-order valence-electron chi connectivity index (χ2n) is 3.34. The number of nitrogens with two attached hydrogens (primary N) is 2. The normalized spacial score (nSPS) is 9.56. The number of pyridine rings is 2. The van der Waals surface area contributed by atoms with E-state index in [0.29, 0.717) is 23.1 Å². The van der Waals surface area contributed by atoms with Gasteiger partial charge in [-0.2, -0.15) is 0 Å². The zero-order valence-corrected chi connectivity index (χ0v) is 11.2. The Labute approximate surface area is 116 Å². The zero-order chi connectivity index (χ0) is 13.4. The standard InChI is InChI=1S/2C6H7ClN2/c2*7-5-1-2-6(3-8)9-4-5/h2*1-2,4H,3,8H2. The summed E-state index contributed by atoms with van der Waals surface area (Å²) in [5.41, 5.74) is 12.3. The lowest BCUT2D eigenvalue weighted by atomic mass is 10.4. The van der Waals surface area contributed by atoms with Gasteiger partial charge in [0.1, 0.15) is 0 Å². The van der Waals surface area contributed by atoms with Crippen LogP contribution in [0, 0.1) is 0 Å². The van der Waals surface area contributed by atoms with E-state index < -0.39 is 0 Å². The summed E-state index contributed by atoms with van der Waals surface area (Å²) in [4.78, 5) is 7.88. The van der Waals surface area contributed by atoms with Crippen molar-refractivity contribution in [1.82, 2.24) is 9.97 Å². The van der Waals surface area contributed by atoms with Crippen LogP contribution >= 0.6 is 23.2 Å². The Bertz CT molecular complexity index is 411. The van der Waals surface area contributed by atoms with Crippen molar-refractivity contribution in [2.45, 2.75) is 13.1 Å². The fourth-order valence-corrected chi connectivity index (χ4v) is 1.28. The maximum Gasteiger partial charge on any atom is 0.0589 e. The van der Waals surface area contributed by atoms with Crippen LogP contribution in [-0.2, 0) is 13.1 Å². The first kappa shape index (κ1) is 14.9. The molecule has 4 N–H and O–H groups in total. The Hall–Kier alpha value is -1.20. The molecule has 0 fully saturated rings. The average Bonchev–Trinajstić information content (AvgIpc) is 2.41. The van der Waals surface area contributed by atoms with Crippen molar-refractivity contribution < 1.29 is 0 Å². The number of hydrogen-bond acceptors (Lipinski definition) is 4. The number of hydrogen-bond donors (Lipinski definition) is 2. The quantitative estimate of drug-likeness (QED) is 0.888. The molecule has 96 valence electrons. The Kier molecular flexibility index (Phi) is 6.60. The van der Waals surface area contributed by atoms with Crippen molar-refractivity contribution in [1.29, 1.82) is 0 Å². The molecule has 0 aliphatic carbocycles. The van der Waals surface area contributed by atoms with Gasteiger partial charge in [0.2, 0.25) is 0 Å². The van der Waals surface area contributed by atoms with Crippen molar-refractivity contribution in [3.63, 3.8) is 0 Å². The fourth-order valence-electron chi connectivity index (χ4n) is 1.05. The maximum atomic E-state index is 5.57. The molecule has 0 bridgehead atoms. The van der Waals surface area contributed by atoms with E-state index in [9.17, 15) is 0 Å². The highest BCUT2D eigenvalue weighted by atomic mass is 35.5. The van der Waals surface area contributed by atoms with Crippen molar-refractivity contribution in [3.05, 3.63) is 58.1 Å². The molecule has 0 spiro atoms. The maximum absolute atomic E-state index is 5.57. The molecular formula is C12H14Cl2N4. The molecule has 0 saturated heterocycles. The predicted molar refractivity (Wildman–Crippen MR) is 74.3 cm³/mol. The van der Waals surface area contributed by atoms with Crippen LogP contribution in [0.25, 0.3) is 0 Å². The predicted octanol–water partition coefficient (Wildman–Crippen LogP) is 2.39. The van der Waals surface area contributed by atoms with E-state index in [4.69, 9.17) is 34.7 Å². The summed E-state index contributed by atoms with van der Waals surface area (Å²) >= 11 is 11.1. The highest BCUT2D eigenvalue weighted by molar-refractivity contribution is 6.30. The molecule has 2 heterocycles. The molecule has 18 heavy (non-hydrogen) atoms. The molecule has 0 aliphatic rings. The number of aromatic nitrogens is 2. The second-order valence-corrected chi connectivity index (χ2v) is 4.22. The van der Waals surface area contributed by atoms with Gasteiger partial charge in [0, 0.05) is 25.5 Å². The average molecular weight is 285 g/mol. The topological polar surface area (TPSA) is 77.8 Å². The molecule has 0 amide bonds. The molecule has 0 aliphatic heterocycles. The lowest BCUT2D eigenvalue weighted by molar-refractivity contribution is 0.991. The van der Waals surface area contributed by atoms with Crippen molar-refractivity contribution in [2.75, 3.05) is 0 Å². The molecule has 0 atom stereocenters. The third kappa shape index (κ3) is 5.42. The Morgan fingerprint density at radius 2 is 1.17 bits per heavy atom. The summed E-state index contributed by atoms with van der Waals surface area (Å²) in [6, 6.07) is 7.16. The summed E-state index contributed by atoms with van der Waals surface area (Å²) in [5, 5.41) is 1.29. The van der Waals surface area contributed by atoms with Crippen LogP contribution in [0.3, 0.4) is 0 Å². The summed E-state index contributed by atoms with van der Waals surface area (Å²) in [5.74, 6) is 0. The third-order valence-electron chi connectivity index (χ3n) is 2.00. The van der Waals surface area contributed by atoms with Crippen molar-refractivity contribution >= 4 is 23.2 Å². The van der Waals surface area contributed by atoms with Crippen molar-refractivity contribution in [3.8, 4) is 0 Å². The molecule has 0 radical (unpaired) electrons. The lowest BCUT2D eigenvalue weighted by Crippen LogP contribution is -1.97. The summed E-state index contributed by atoms with van der Waals surface area (Å²) in [6.07, 6.45) is 3.17. The molecule has 0 aromatic carbocycles. The number of halogens is 2. The first-order chi connectivity index (χ1) is 8.65. The van der Waals surface area contributed by atoms with Crippen LogP contribution in [0.2, 0.25) is 10.0 Å². The molecule has 0 saturated carbocycles. The van der Waals surface area contributed by atoms with E-state index in [1.54, 1.807) is 24.5 Å². The smallest absolute Gasteiger partial charge is 0.0589 e. The SMILES string of the molecule is NCc1ccc(Cl)cn1.NCc1ccc(Cl)cn1. The van der Waals surface area contributed by atoms with E-state index in [0.717, 1.165) is 11.4 Å². The molecule has 2 aromatic rings. The first-order valence-corrected chi connectivity index (χ1v) is 6.02. The minimum Gasteiger partial charge on any atom is -0.325 e. The monoisotopic (exact) mass is 284 g/mol. The van der Waals surface area contributed by atoms with Crippen LogP contribution in [0.1, 0.15) is 11.4 Å². The first-order valence-electron chi connectivity index (χ1n) is 5.26. The van der Waals surface area contributed by atoms with Gasteiger partial charge in [0.05, 0.1) is 21.4 Å². The van der Waals surface area contributed by atoms with Gasteiger partial charge in [-0.3, -0.25) is 9.97 Å². The van der Waals surface area contributed by atoms with Gasteiger partial charge in [-0.25, -0.2) is 0 Å². The van der Waals surface area contributed by atoms with E-state index in [1.807, 2.05) is 12.1 Å². The minimum atomic E-state index is 0.469. The number of rotatable bonds is 2. The van der Waals surface area contributed by atoms with Gasteiger partial charge in [-0.15, -0.1) is 0 Å². The summed E-state index contributed by atoms with van der Waals surface area (Å²) in [6.45, 7) is 0.939. The lowest BCUT2D eigenvalue weighted by Gasteiger charge is -1.92. The van der Waals surface area contributed by atoms with E-state index >= 15 is 0 Å².